The number of carbonyl (C=O) groups excluding carboxylic acids is 1. The second-order valence-electron chi connectivity index (χ2n) is 5.23. The fourth-order valence-electron chi connectivity index (χ4n) is 2.34. The fourth-order valence-corrected chi connectivity index (χ4v) is 2.34. The first-order valence-corrected chi connectivity index (χ1v) is 7.59. The highest BCUT2D eigenvalue weighted by Gasteiger charge is 2.20. The first-order chi connectivity index (χ1) is 12.0. The number of rotatable bonds is 7. The molecule has 3 N–H and O–H groups in total. The van der Waals surface area contributed by atoms with Crippen LogP contribution in [0.4, 0.5) is 10.5 Å². The normalized spacial score (nSPS) is 11.3. The molecule has 0 aliphatic rings. The van der Waals surface area contributed by atoms with Gasteiger partial charge in [-0.25, -0.2) is 4.79 Å². The van der Waals surface area contributed by atoms with Crippen LogP contribution < -0.4 is 20.1 Å². The van der Waals surface area contributed by atoms with Crippen molar-refractivity contribution in [2.75, 3.05) is 19.5 Å². The van der Waals surface area contributed by atoms with Crippen molar-refractivity contribution in [3.8, 4) is 11.5 Å². The van der Waals surface area contributed by atoms with Crippen molar-refractivity contribution >= 4 is 17.7 Å². The molecule has 7 nitrogen and oxygen atoms in total. The van der Waals surface area contributed by atoms with Crippen molar-refractivity contribution in [2.45, 2.75) is 12.5 Å². The standard InChI is InChI=1S/C18H20N2O5/c1-24-15-9-8-12(10-16(15)25-2)14(11-17(21)22)20-18(23)19-13-6-4-3-5-7-13/h3-10,14H,11H2,1-2H3,(H,21,22)(H2,19,20,23)/t14-/m0/s1. The average Bonchev–Trinajstić information content (AvgIpc) is 2.61. The molecular formula is C18H20N2O5. The van der Waals surface area contributed by atoms with Crippen LogP contribution in [0.1, 0.15) is 18.0 Å². The van der Waals surface area contributed by atoms with Gasteiger partial charge in [0.1, 0.15) is 0 Å². The van der Waals surface area contributed by atoms with Gasteiger partial charge in [-0.2, -0.15) is 0 Å². The van der Waals surface area contributed by atoms with Gasteiger partial charge >= 0.3 is 12.0 Å². The number of hydrogen-bond acceptors (Lipinski definition) is 4. The van der Waals surface area contributed by atoms with Crippen LogP contribution in [-0.2, 0) is 4.79 Å². The lowest BCUT2D eigenvalue weighted by atomic mass is 10.0. The zero-order chi connectivity index (χ0) is 18.2. The van der Waals surface area contributed by atoms with Crippen molar-refractivity contribution in [1.82, 2.24) is 5.32 Å². The van der Waals surface area contributed by atoms with Gasteiger partial charge in [-0.05, 0) is 29.8 Å². The van der Waals surface area contributed by atoms with E-state index < -0.39 is 18.0 Å². The number of hydrogen-bond donors (Lipinski definition) is 3. The van der Waals surface area contributed by atoms with Crippen molar-refractivity contribution in [2.24, 2.45) is 0 Å². The topological polar surface area (TPSA) is 96.9 Å². The number of methoxy groups -OCH3 is 2. The number of para-hydroxylation sites is 1. The summed E-state index contributed by atoms with van der Waals surface area (Å²) in [5.74, 6) is -0.0467. The molecule has 132 valence electrons. The van der Waals surface area contributed by atoms with Gasteiger partial charge in [-0.1, -0.05) is 24.3 Å². The predicted octanol–water partition coefficient (Wildman–Crippen LogP) is 3.04. The third kappa shape index (κ3) is 5.13. The second-order valence-corrected chi connectivity index (χ2v) is 5.23. The third-order valence-corrected chi connectivity index (χ3v) is 3.53. The molecule has 0 saturated heterocycles. The Hall–Kier alpha value is -3.22. The maximum Gasteiger partial charge on any atom is 0.319 e. The minimum atomic E-state index is -1.03. The summed E-state index contributed by atoms with van der Waals surface area (Å²) in [7, 11) is 3.00. The molecule has 2 rings (SSSR count). The predicted molar refractivity (Wildman–Crippen MR) is 93.1 cm³/mol. The molecule has 0 aromatic heterocycles. The number of amides is 2. The van der Waals surface area contributed by atoms with E-state index in [1.807, 2.05) is 6.07 Å². The first kappa shape index (κ1) is 18.1. The minimum absolute atomic E-state index is 0.266. The molecule has 25 heavy (non-hydrogen) atoms. The summed E-state index contributed by atoms with van der Waals surface area (Å²) in [4.78, 5) is 23.4. The highest BCUT2D eigenvalue weighted by molar-refractivity contribution is 5.89. The summed E-state index contributed by atoms with van der Waals surface area (Å²) in [6.07, 6.45) is -0.266. The zero-order valence-electron chi connectivity index (χ0n) is 14.0. The lowest BCUT2D eigenvalue weighted by Gasteiger charge is -2.19. The van der Waals surface area contributed by atoms with E-state index in [0.717, 1.165) is 0 Å². The van der Waals surface area contributed by atoms with Crippen LogP contribution in [0.25, 0.3) is 0 Å². The molecule has 0 unspecified atom stereocenters. The molecule has 0 aliphatic carbocycles. The molecule has 0 fully saturated rings. The summed E-state index contributed by atoms with van der Waals surface area (Å²) in [6.45, 7) is 0. The lowest BCUT2D eigenvalue weighted by molar-refractivity contribution is -0.137. The summed E-state index contributed by atoms with van der Waals surface area (Å²) in [5, 5.41) is 14.5. The number of benzene rings is 2. The number of carboxylic acids is 1. The average molecular weight is 344 g/mol. The van der Waals surface area contributed by atoms with E-state index in [4.69, 9.17) is 14.6 Å². The maximum absolute atomic E-state index is 12.2. The fraction of sp³-hybridized carbons (Fsp3) is 0.222. The molecule has 0 heterocycles. The Morgan fingerprint density at radius 3 is 2.32 bits per heavy atom. The van der Waals surface area contributed by atoms with E-state index in [-0.39, 0.29) is 6.42 Å². The van der Waals surface area contributed by atoms with Gasteiger partial charge in [0.2, 0.25) is 0 Å². The quantitative estimate of drug-likeness (QED) is 0.717. The van der Waals surface area contributed by atoms with Gasteiger partial charge in [-0.15, -0.1) is 0 Å². The van der Waals surface area contributed by atoms with E-state index in [0.29, 0.717) is 22.7 Å². The van der Waals surface area contributed by atoms with Crippen molar-refractivity contribution in [3.05, 3.63) is 54.1 Å². The number of carboxylic acid groups (broad SMARTS) is 1. The number of aliphatic carboxylic acids is 1. The number of carbonyl (C=O) groups is 2. The lowest BCUT2D eigenvalue weighted by Crippen LogP contribution is -2.33. The van der Waals surface area contributed by atoms with Gasteiger partial charge < -0.3 is 25.2 Å². The highest BCUT2D eigenvalue weighted by atomic mass is 16.5. The molecule has 0 aliphatic heterocycles. The Balaban J connectivity index is 2.18. The molecule has 0 saturated carbocycles. The molecular weight excluding hydrogens is 324 g/mol. The smallest absolute Gasteiger partial charge is 0.319 e. The second kappa shape index (κ2) is 8.58. The van der Waals surface area contributed by atoms with Gasteiger partial charge in [0, 0.05) is 5.69 Å². The van der Waals surface area contributed by atoms with Crippen LogP contribution in [0.5, 0.6) is 11.5 Å². The van der Waals surface area contributed by atoms with Crippen LogP contribution >= 0.6 is 0 Å². The molecule has 0 spiro atoms. The SMILES string of the molecule is COc1ccc([C@H](CC(=O)O)NC(=O)Nc2ccccc2)cc1OC. The van der Waals surface area contributed by atoms with Gasteiger partial charge in [0.25, 0.3) is 0 Å². The van der Waals surface area contributed by atoms with Crippen molar-refractivity contribution in [1.29, 1.82) is 0 Å². The van der Waals surface area contributed by atoms with Crippen LogP contribution in [0.15, 0.2) is 48.5 Å². The minimum Gasteiger partial charge on any atom is -0.493 e. The van der Waals surface area contributed by atoms with E-state index >= 15 is 0 Å². The monoisotopic (exact) mass is 344 g/mol. The third-order valence-electron chi connectivity index (χ3n) is 3.53. The Morgan fingerprint density at radius 1 is 1.04 bits per heavy atom. The van der Waals surface area contributed by atoms with Crippen molar-refractivity contribution < 1.29 is 24.2 Å². The number of anilines is 1. The highest BCUT2D eigenvalue weighted by Crippen LogP contribution is 2.31. The number of nitrogens with one attached hydrogen (secondary N) is 2. The van der Waals surface area contributed by atoms with Crippen LogP contribution in [0, 0.1) is 0 Å². The zero-order valence-corrected chi connectivity index (χ0v) is 14.0. The first-order valence-electron chi connectivity index (χ1n) is 7.59. The van der Waals surface area contributed by atoms with E-state index in [1.54, 1.807) is 42.5 Å². The molecule has 7 heteroatoms. The summed E-state index contributed by atoms with van der Waals surface area (Å²) >= 11 is 0. The van der Waals surface area contributed by atoms with Gasteiger partial charge in [0.05, 0.1) is 26.7 Å². The Kier molecular flexibility index (Phi) is 6.22. The van der Waals surface area contributed by atoms with E-state index in [9.17, 15) is 9.59 Å². The Morgan fingerprint density at radius 2 is 1.72 bits per heavy atom. The number of urea groups is 1. The summed E-state index contributed by atoms with van der Waals surface area (Å²) < 4.78 is 10.4. The molecule has 2 amide bonds. The Bertz CT molecular complexity index is 734. The van der Waals surface area contributed by atoms with E-state index in [2.05, 4.69) is 10.6 Å². The van der Waals surface area contributed by atoms with Crippen LogP contribution in [0.2, 0.25) is 0 Å². The number of ether oxygens (including phenoxy) is 2. The summed E-state index contributed by atoms with van der Waals surface area (Å²) in [5.41, 5.74) is 1.21. The van der Waals surface area contributed by atoms with Crippen LogP contribution in [-0.4, -0.2) is 31.3 Å². The molecule has 1 atom stereocenters. The van der Waals surface area contributed by atoms with Crippen LogP contribution in [0.3, 0.4) is 0 Å². The molecule has 0 bridgehead atoms. The van der Waals surface area contributed by atoms with Crippen molar-refractivity contribution in [3.63, 3.8) is 0 Å². The Labute approximate surface area is 145 Å². The molecule has 2 aromatic carbocycles. The van der Waals surface area contributed by atoms with Gasteiger partial charge in [0.15, 0.2) is 11.5 Å². The molecule has 2 aromatic rings. The summed E-state index contributed by atoms with van der Waals surface area (Å²) in [6, 6.07) is 12.7. The molecule has 0 radical (unpaired) electrons. The maximum atomic E-state index is 12.2. The van der Waals surface area contributed by atoms with E-state index in [1.165, 1.54) is 14.2 Å². The largest absolute Gasteiger partial charge is 0.493 e. The van der Waals surface area contributed by atoms with Gasteiger partial charge in [-0.3, -0.25) is 4.79 Å².